The smallest absolute Gasteiger partial charge is 0.248 e. The molecule has 1 N–H and O–H groups in total. The van der Waals surface area contributed by atoms with E-state index in [1.807, 2.05) is 18.7 Å². The fourth-order valence-corrected chi connectivity index (χ4v) is 4.32. The Bertz CT molecular complexity index is 439. The number of carbonyl (C=O) groups is 2. The molecule has 3 saturated heterocycles. The van der Waals surface area contributed by atoms with Crippen LogP contribution in [-0.2, 0) is 9.59 Å². The Hall–Kier alpha value is -1.10. The molecule has 2 bridgehead atoms. The highest BCUT2D eigenvalue weighted by atomic mass is 16.2. The molecule has 0 radical (unpaired) electrons. The maximum absolute atomic E-state index is 12.8. The van der Waals surface area contributed by atoms with Crippen molar-refractivity contribution in [3.63, 3.8) is 0 Å². The second-order valence-corrected chi connectivity index (χ2v) is 7.20. The summed E-state index contributed by atoms with van der Waals surface area (Å²) < 4.78 is 0. The highest BCUT2D eigenvalue weighted by molar-refractivity contribution is 5.97. The van der Waals surface area contributed by atoms with Crippen molar-refractivity contribution in [2.75, 3.05) is 13.6 Å². The molecular weight excluding hydrogens is 266 g/mol. The SMILES string of the molecule is CCC1(C)NC(=O)CN(C2CC3CCCC(C2)N3C)C1=O. The van der Waals surface area contributed by atoms with Gasteiger partial charge in [0.15, 0.2) is 0 Å². The zero-order valence-electron chi connectivity index (χ0n) is 13.4. The van der Waals surface area contributed by atoms with Crippen LogP contribution >= 0.6 is 0 Å². The molecular formula is C16H27N3O2. The quantitative estimate of drug-likeness (QED) is 0.830. The van der Waals surface area contributed by atoms with Gasteiger partial charge in [-0.25, -0.2) is 0 Å². The lowest BCUT2D eigenvalue weighted by molar-refractivity contribution is -0.154. The summed E-state index contributed by atoms with van der Waals surface area (Å²) in [5, 5.41) is 2.88. The van der Waals surface area contributed by atoms with Crippen LogP contribution in [0.4, 0.5) is 0 Å². The average molecular weight is 293 g/mol. The highest BCUT2D eigenvalue weighted by Gasteiger charge is 2.47. The first-order valence-corrected chi connectivity index (χ1v) is 8.28. The van der Waals surface area contributed by atoms with Gasteiger partial charge in [-0.2, -0.15) is 0 Å². The third-order valence-electron chi connectivity index (χ3n) is 5.92. The molecule has 0 aromatic heterocycles. The largest absolute Gasteiger partial charge is 0.340 e. The summed E-state index contributed by atoms with van der Waals surface area (Å²) in [6.07, 6.45) is 6.43. The van der Waals surface area contributed by atoms with Crippen LogP contribution in [0.25, 0.3) is 0 Å². The molecule has 0 aromatic carbocycles. The van der Waals surface area contributed by atoms with E-state index in [-0.39, 0.29) is 24.4 Å². The Morgan fingerprint density at radius 1 is 1.19 bits per heavy atom. The maximum atomic E-state index is 12.8. The Balaban J connectivity index is 1.80. The van der Waals surface area contributed by atoms with Gasteiger partial charge in [-0.1, -0.05) is 13.3 Å². The minimum Gasteiger partial charge on any atom is -0.340 e. The molecule has 21 heavy (non-hydrogen) atoms. The summed E-state index contributed by atoms with van der Waals surface area (Å²) in [7, 11) is 2.21. The van der Waals surface area contributed by atoms with Gasteiger partial charge in [0, 0.05) is 18.1 Å². The van der Waals surface area contributed by atoms with Crippen molar-refractivity contribution in [3.05, 3.63) is 0 Å². The Kier molecular flexibility index (Phi) is 3.72. The van der Waals surface area contributed by atoms with E-state index < -0.39 is 5.54 Å². The van der Waals surface area contributed by atoms with Crippen LogP contribution in [0.5, 0.6) is 0 Å². The number of carbonyl (C=O) groups excluding carboxylic acids is 2. The molecule has 0 saturated carbocycles. The summed E-state index contributed by atoms with van der Waals surface area (Å²) in [5.74, 6) is 0.0975. The molecule has 3 atom stereocenters. The van der Waals surface area contributed by atoms with Gasteiger partial charge in [-0.15, -0.1) is 0 Å². The first-order chi connectivity index (χ1) is 9.94. The highest BCUT2D eigenvalue weighted by Crippen LogP contribution is 2.36. The monoisotopic (exact) mass is 293 g/mol. The Morgan fingerprint density at radius 3 is 2.38 bits per heavy atom. The van der Waals surface area contributed by atoms with Gasteiger partial charge in [0.25, 0.3) is 0 Å². The molecule has 5 heteroatoms. The summed E-state index contributed by atoms with van der Waals surface area (Å²) in [6.45, 7) is 4.06. The van der Waals surface area contributed by atoms with Gasteiger partial charge >= 0.3 is 0 Å². The predicted molar refractivity (Wildman–Crippen MR) is 80.8 cm³/mol. The summed E-state index contributed by atoms with van der Waals surface area (Å²) in [5.41, 5.74) is -0.714. The molecule has 3 aliphatic heterocycles. The molecule has 0 aromatic rings. The van der Waals surface area contributed by atoms with Crippen LogP contribution in [-0.4, -0.2) is 58.9 Å². The molecule has 0 aliphatic carbocycles. The molecule has 3 aliphatic rings. The lowest BCUT2D eigenvalue weighted by atomic mass is 9.80. The number of amides is 2. The van der Waals surface area contributed by atoms with Crippen LogP contribution in [0, 0.1) is 0 Å². The minimum absolute atomic E-state index is 0.0111. The molecule has 0 spiro atoms. The summed E-state index contributed by atoms with van der Waals surface area (Å²) in [4.78, 5) is 29.2. The molecule has 3 unspecified atom stereocenters. The number of nitrogens with zero attached hydrogens (tertiary/aromatic N) is 2. The van der Waals surface area contributed by atoms with Gasteiger partial charge in [0.1, 0.15) is 5.54 Å². The normalized spacial score (nSPS) is 41.1. The second-order valence-electron chi connectivity index (χ2n) is 7.20. The van der Waals surface area contributed by atoms with Gasteiger partial charge in [-0.3, -0.25) is 9.59 Å². The van der Waals surface area contributed by atoms with E-state index in [1.165, 1.54) is 19.3 Å². The van der Waals surface area contributed by atoms with Gasteiger partial charge in [0.2, 0.25) is 11.8 Å². The second kappa shape index (κ2) is 5.27. The number of piperidine rings is 2. The maximum Gasteiger partial charge on any atom is 0.248 e. The number of hydrogen-bond donors (Lipinski definition) is 1. The van der Waals surface area contributed by atoms with Crippen molar-refractivity contribution in [3.8, 4) is 0 Å². The summed E-state index contributed by atoms with van der Waals surface area (Å²) >= 11 is 0. The fourth-order valence-electron chi connectivity index (χ4n) is 4.32. The lowest BCUT2D eigenvalue weighted by Crippen LogP contribution is -2.68. The van der Waals surface area contributed by atoms with Crippen LogP contribution in [0.15, 0.2) is 0 Å². The molecule has 3 rings (SSSR count). The molecule has 118 valence electrons. The standard InChI is InChI=1S/C16H27N3O2/c1-4-16(2)15(21)19(10-14(20)17-16)13-8-11-6-5-7-12(9-13)18(11)3/h11-13H,4-10H2,1-3H3,(H,17,20). The van der Waals surface area contributed by atoms with Crippen LogP contribution < -0.4 is 5.32 Å². The zero-order chi connectivity index (χ0) is 15.2. The molecule has 2 amide bonds. The molecule has 3 heterocycles. The Morgan fingerprint density at radius 2 is 1.81 bits per heavy atom. The van der Waals surface area contributed by atoms with Gasteiger partial charge < -0.3 is 15.1 Å². The van der Waals surface area contributed by atoms with Crippen molar-refractivity contribution < 1.29 is 9.59 Å². The van der Waals surface area contributed by atoms with E-state index in [1.54, 1.807) is 0 Å². The van der Waals surface area contributed by atoms with E-state index in [0.29, 0.717) is 18.5 Å². The lowest BCUT2D eigenvalue weighted by Gasteiger charge is -2.51. The predicted octanol–water partition coefficient (Wildman–Crippen LogP) is 1.13. The van der Waals surface area contributed by atoms with Crippen molar-refractivity contribution in [1.82, 2.24) is 15.1 Å². The Labute approximate surface area is 127 Å². The number of fused-ring (bicyclic) bond motifs is 2. The van der Waals surface area contributed by atoms with Gasteiger partial charge in [-0.05, 0) is 46.1 Å². The minimum atomic E-state index is -0.714. The van der Waals surface area contributed by atoms with Crippen LogP contribution in [0.3, 0.4) is 0 Å². The average Bonchev–Trinajstić information content (AvgIpc) is 2.43. The number of rotatable bonds is 2. The van der Waals surface area contributed by atoms with Gasteiger partial charge in [0.05, 0.1) is 6.54 Å². The number of piperazine rings is 1. The van der Waals surface area contributed by atoms with Crippen molar-refractivity contribution >= 4 is 11.8 Å². The van der Waals surface area contributed by atoms with Crippen LogP contribution in [0.1, 0.15) is 52.4 Å². The number of nitrogens with one attached hydrogen (secondary N) is 1. The fraction of sp³-hybridized carbons (Fsp3) is 0.875. The summed E-state index contributed by atoms with van der Waals surface area (Å²) in [6, 6.07) is 1.39. The first kappa shape index (κ1) is 14.8. The van der Waals surface area contributed by atoms with Crippen molar-refractivity contribution in [1.29, 1.82) is 0 Å². The van der Waals surface area contributed by atoms with E-state index in [9.17, 15) is 9.59 Å². The molecule has 3 fully saturated rings. The third-order valence-corrected chi connectivity index (χ3v) is 5.92. The van der Waals surface area contributed by atoms with Crippen molar-refractivity contribution in [2.24, 2.45) is 0 Å². The van der Waals surface area contributed by atoms with Crippen LogP contribution in [0.2, 0.25) is 0 Å². The third kappa shape index (κ3) is 2.45. The molecule has 5 nitrogen and oxygen atoms in total. The van der Waals surface area contributed by atoms with E-state index in [0.717, 1.165) is 12.8 Å². The van der Waals surface area contributed by atoms with E-state index in [4.69, 9.17) is 0 Å². The first-order valence-electron chi connectivity index (χ1n) is 8.28. The van der Waals surface area contributed by atoms with E-state index in [2.05, 4.69) is 17.3 Å². The van der Waals surface area contributed by atoms with E-state index >= 15 is 0 Å². The van der Waals surface area contributed by atoms with Crippen molar-refractivity contribution in [2.45, 2.75) is 76.0 Å². The topological polar surface area (TPSA) is 52.7 Å². The number of hydrogen-bond acceptors (Lipinski definition) is 3. The zero-order valence-corrected chi connectivity index (χ0v) is 13.4.